The fraction of sp³-hybridized carbons (Fsp3) is 0.154. The summed E-state index contributed by atoms with van der Waals surface area (Å²) in [6, 6.07) is 10.8. The van der Waals surface area contributed by atoms with Gasteiger partial charge in [-0.25, -0.2) is 4.98 Å². The number of benzene rings is 1. The van der Waals surface area contributed by atoms with Crippen LogP contribution < -0.4 is 5.32 Å². The number of anilines is 2. The summed E-state index contributed by atoms with van der Waals surface area (Å²) in [4.78, 5) is 3.52. The number of pyridine rings is 1. The van der Waals surface area contributed by atoms with E-state index in [1.807, 2.05) is 0 Å². The molecule has 0 atom stereocenters. The lowest BCUT2D eigenvalue weighted by Crippen LogP contribution is -2.08. The normalized spacial score (nSPS) is 11.4. The summed E-state index contributed by atoms with van der Waals surface area (Å²) in [7, 11) is 0. The predicted octanol–water partition coefficient (Wildman–Crippen LogP) is 4.58. The molecule has 0 saturated carbocycles. The second-order valence-corrected chi connectivity index (χ2v) is 4.13. The van der Waals surface area contributed by atoms with Crippen LogP contribution in [0.5, 0.6) is 0 Å². The third-order valence-corrected chi connectivity index (χ3v) is 2.73. The Bertz CT molecular complexity index is 553. The second-order valence-electron chi connectivity index (χ2n) is 3.86. The molecule has 19 heavy (non-hydrogen) atoms. The van der Waals surface area contributed by atoms with Gasteiger partial charge in [-0.2, -0.15) is 13.2 Å². The highest BCUT2D eigenvalue weighted by molar-refractivity contribution is 6.17. The first-order valence-electron chi connectivity index (χ1n) is 5.45. The molecule has 100 valence electrons. The van der Waals surface area contributed by atoms with Gasteiger partial charge in [0.25, 0.3) is 0 Å². The van der Waals surface area contributed by atoms with Gasteiger partial charge in [-0.15, -0.1) is 11.6 Å². The van der Waals surface area contributed by atoms with Crippen molar-refractivity contribution in [3.63, 3.8) is 0 Å². The van der Waals surface area contributed by atoms with Crippen molar-refractivity contribution in [2.75, 3.05) is 5.32 Å². The van der Waals surface area contributed by atoms with Gasteiger partial charge >= 0.3 is 6.18 Å². The Hall–Kier alpha value is -1.75. The van der Waals surface area contributed by atoms with E-state index in [1.54, 1.807) is 24.3 Å². The maximum Gasteiger partial charge on any atom is 0.433 e. The number of nitrogens with zero attached hydrogens (tertiary/aromatic N) is 1. The number of rotatable bonds is 3. The molecule has 1 N–H and O–H groups in total. The van der Waals surface area contributed by atoms with E-state index in [1.165, 1.54) is 12.1 Å². The van der Waals surface area contributed by atoms with Crippen LogP contribution in [0.4, 0.5) is 24.7 Å². The van der Waals surface area contributed by atoms with Gasteiger partial charge in [0, 0.05) is 11.6 Å². The van der Waals surface area contributed by atoms with E-state index in [0.717, 1.165) is 11.6 Å². The number of nitrogens with one attached hydrogen (secondary N) is 1. The van der Waals surface area contributed by atoms with E-state index < -0.39 is 11.9 Å². The first-order valence-corrected chi connectivity index (χ1v) is 5.98. The SMILES string of the molecule is FC(F)(F)c1cccc(Nc2ccc(CCl)cc2)n1. The highest BCUT2D eigenvalue weighted by Gasteiger charge is 2.32. The fourth-order valence-electron chi connectivity index (χ4n) is 1.49. The molecule has 0 aliphatic heterocycles. The molecular weight excluding hydrogens is 277 g/mol. The summed E-state index contributed by atoms with van der Waals surface area (Å²) in [5, 5.41) is 2.81. The molecule has 0 fully saturated rings. The quantitative estimate of drug-likeness (QED) is 0.835. The van der Waals surface area contributed by atoms with Gasteiger partial charge in [0.2, 0.25) is 0 Å². The number of hydrogen-bond acceptors (Lipinski definition) is 2. The zero-order valence-electron chi connectivity index (χ0n) is 9.71. The molecule has 2 aromatic rings. The number of halogens is 4. The van der Waals surface area contributed by atoms with Crippen molar-refractivity contribution in [3.05, 3.63) is 53.7 Å². The van der Waals surface area contributed by atoms with Crippen LogP contribution in [0.1, 0.15) is 11.3 Å². The molecule has 1 aromatic carbocycles. The Kier molecular flexibility index (Phi) is 3.95. The highest BCUT2D eigenvalue weighted by Crippen LogP contribution is 2.28. The summed E-state index contributed by atoms with van der Waals surface area (Å²) in [5.41, 5.74) is 0.666. The van der Waals surface area contributed by atoms with Crippen molar-refractivity contribution in [3.8, 4) is 0 Å². The first-order chi connectivity index (χ1) is 8.99. The molecule has 2 rings (SSSR count). The Balaban J connectivity index is 2.18. The van der Waals surface area contributed by atoms with Crippen LogP contribution in [0.3, 0.4) is 0 Å². The average Bonchev–Trinajstić information content (AvgIpc) is 2.39. The molecule has 1 heterocycles. The topological polar surface area (TPSA) is 24.9 Å². The van der Waals surface area contributed by atoms with Gasteiger partial charge in [-0.05, 0) is 29.8 Å². The van der Waals surface area contributed by atoms with E-state index in [-0.39, 0.29) is 5.82 Å². The summed E-state index contributed by atoms with van der Waals surface area (Å²) >= 11 is 5.65. The lowest BCUT2D eigenvalue weighted by molar-refractivity contribution is -0.141. The van der Waals surface area contributed by atoms with E-state index in [0.29, 0.717) is 11.6 Å². The Morgan fingerprint density at radius 3 is 2.32 bits per heavy atom. The molecular formula is C13H10ClF3N2. The number of hydrogen-bond donors (Lipinski definition) is 1. The molecule has 0 radical (unpaired) electrons. The Morgan fingerprint density at radius 1 is 1.05 bits per heavy atom. The van der Waals surface area contributed by atoms with Gasteiger partial charge in [0.15, 0.2) is 0 Å². The van der Waals surface area contributed by atoms with Gasteiger partial charge < -0.3 is 5.32 Å². The first kappa shape index (κ1) is 13.7. The molecule has 0 aliphatic carbocycles. The molecule has 0 unspecified atom stereocenters. The lowest BCUT2D eigenvalue weighted by atomic mass is 10.2. The van der Waals surface area contributed by atoms with Crippen molar-refractivity contribution in [2.24, 2.45) is 0 Å². The van der Waals surface area contributed by atoms with Crippen LogP contribution in [-0.4, -0.2) is 4.98 Å². The van der Waals surface area contributed by atoms with E-state index in [4.69, 9.17) is 11.6 Å². The lowest BCUT2D eigenvalue weighted by Gasteiger charge is -2.09. The molecule has 1 aromatic heterocycles. The monoisotopic (exact) mass is 286 g/mol. The molecule has 0 spiro atoms. The van der Waals surface area contributed by atoms with Crippen LogP contribution in [0, 0.1) is 0 Å². The molecule has 0 bridgehead atoms. The van der Waals surface area contributed by atoms with Crippen LogP contribution in [-0.2, 0) is 12.1 Å². The Morgan fingerprint density at radius 2 is 1.74 bits per heavy atom. The predicted molar refractivity (Wildman–Crippen MR) is 68.5 cm³/mol. The number of aromatic nitrogens is 1. The zero-order chi connectivity index (χ0) is 13.9. The number of alkyl halides is 4. The smallest absolute Gasteiger partial charge is 0.340 e. The van der Waals surface area contributed by atoms with Crippen LogP contribution >= 0.6 is 11.6 Å². The minimum atomic E-state index is -4.44. The third-order valence-electron chi connectivity index (χ3n) is 2.42. The summed E-state index contributed by atoms with van der Waals surface area (Å²) in [6.45, 7) is 0. The van der Waals surface area contributed by atoms with Gasteiger partial charge in [0.1, 0.15) is 11.5 Å². The molecule has 0 aliphatic rings. The molecule has 2 nitrogen and oxygen atoms in total. The maximum absolute atomic E-state index is 12.5. The zero-order valence-corrected chi connectivity index (χ0v) is 10.5. The second kappa shape index (κ2) is 5.48. The minimum absolute atomic E-state index is 0.147. The largest absolute Gasteiger partial charge is 0.433 e. The van der Waals surface area contributed by atoms with Crippen molar-refractivity contribution in [1.82, 2.24) is 4.98 Å². The summed E-state index contributed by atoms with van der Waals surface area (Å²) in [5.74, 6) is 0.538. The minimum Gasteiger partial charge on any atom is -0.340 e. The third kappa shape index (κ3) is 3.61. The standard InChI is InChI=1S/C13H10ClF3N2/c14-8-9-4-6-10(7-5-9)18-12-3-1-2-11(19-12)13(15,16)17/h1-7H,8H2,(H,18,19). The van der Waals surface area contributed by atoms with Crippen molar-refractivity contribution < 1.29 is 13.2 Å². The van der Waals surface area contributed by atoms with Crippen molar-refractivity contribution in [1.29, 1.82) is 0 Å². The molecule has 0 saturated heterocycles. The van der Waals surface area contributed by atoms with Gasteiger partial charge in [0.05, 0.1) is 0 Å². The molecule has 6 heteroatoms. The fourth-order valence-corrected chi connectivity index (χ4v) is 1.67. The van der Waals surface area contributed by atoms with Crippen molar-refractivity contribution >= 4 is 23.1 Å². The Labute approximate surface area is 113 Å². The summed E-state index contributed by atoms with van der Waals surface area (Å²) in [6.07, 6.45) is -4.44. The van der Waals surface area contributed by atoms with E-state index in [2.05, 4.69) is 10.3 Å². The highest BCUT2D eigenvalue weighted by atomic mass is 35.5. The summed E-state index contributed by atoms with van der Waals surface area (Å²) < 4.78 is 37.5. The van der Waals surface area contributed by atoms with E-state index >= 15 is 0 Å². The van der Waals surface area contributed by atoms with E-state index in [9.17, 15) is 13.2 Å². The van der Waals surface area contributed by atoms with Gasteiger partial charge in [-0.1, -0.05) is 18.2 Å². The van der Waals surface area contributed by atoms with Gasteiger partial charge in [-0.3, -0.25) is 0 Å². The van der Waals surface area contributed by atoms with Crippen LogP contribution in [0.2, 0.25) is 0 Å². The maximum atomic E-state index is 12.5. The van der Waals surface area contributed by atoms with Crippen LogP contribution in [0.25, 0.3) is 0 Å². The molecule has 0 amide bonds. The van der Waals surface area contributed by atoms with Crippen molar-refractivity contribution in [2.45, 2.75) is 12.1 Å². The van der Waals surface area contributed by atoms with Crippen LogP contribution in [0.15, 0.2) is 42.5 Å². The average molecular weight is 287 g/mol.